The molecule has 3 aromatic carbocycles. The summed E-state index contributed by atoms with van der Waals surface area (Å²) in [7, 11) is 0. The second-order valence-corrected chi connectivity index (χ2v) is 37.5. The molecule has 1 fully saturated rings. The molecular formula is C95H138N30O23S2. The topological polar surface area (TPSA) is 860 Å². The number of hydrogen-bond acceptors (Lipinski definition) is 28. The number of likely N-dealkylation sites (tertiary alicyclic amines) is 1. The van der Waals surface area contributed by atoms with Crippen molar-refractivity contribution in [1.29, 1.82) is 10.8 Å². The third kappa shape index (κ3) is 40.3. The van der Waals surface area contributed by atoms with Gasteiger partial charge in [-0.2, -0.15) is 25.3 Å². The minimum Gasteiger partial charge on any atom is -0.480 e. The van der Waals surface area contributed by atoms with Crippen LogP contribution >= 0.6 is 25.3 Å². The molecule has 0 unspecified atom stereocenters. The Labute approximate surface area is 873 Å². The van der Waals surface area contributed by atoms with Crippen LogP contribution in [0.15, 0.2) is 104 Å². The molecule has 0 aliphatic carbocycles. The molecule has 1 aliphatic rings. The van der Waals surface area contributed by atoms with E-state index in [0.29, 0.717) is 38.5 Å². The number of aliphatic hydroxyl groups is 2. The number of primary amides is 2. The van der Waals surface area contributed by atoms with Gasteiger partial charge >= 0.3 is 5.97 Å². The van der Waals surface area contributed by atoms with Crippen molar-refractivity contribution in [2.75, 3.05) is 57.4 Å². The number of rotatable bonds is 64. The van der Waals surface area contributed by atoms with Crippen LogP contribution in [0.1, 0.15) is 134 Å². The number of hydrogen-bond donors (Lipinski definition) is 33. The van der Waals surface area contributed by atoms with Gasteiger partial charge in [-0.1, -0.05) is 94.4 Å². The first kappa shape index (κ1) is 121. The Kier molecular flexibility index (Phi) is 49.6. The third-order valence-corrected chi connectivity index (χ3v) is 24.7. The highest BCUT2D eigenvalue weighted by Crippen LogP contribution is 2.24. The number of aromatic nitrogens is 4. The maximum Gasteiger partial charge on any atom is 0.326 e. The van der Waals surface area contributed by atoms with Gasteiger partial charge in [-0.3, -0.25) is 102 Å². The number of para-hydroxylation sites is 2. The SMILES string of the molecule is CC(C)C[C@H](NC(=O)[C@H](Cc1c[nH]c2ccccc12)NC(=O)[C@H](CCC(N)=O)NC(=O)[C@H](Cc1cnc[nH]1)NC(=O)[C@H](CC(C)C)NC(=O)[C@@H](NC(=O)[C@@H]1CCCN1C(=O)CNC(=O)CNC(=O)CNC(=O)[C@H](CCCNC(=N)N)NC(=O)[C@@H](N)CS)[C@@H](C)O)C(=O)N[C@@H](CO)C(=O)N[C@@H](CS)C(=O)N[C@@H](Cc1ccccc1)C(=O)N[C@@H](CCCNC(=N)N)C(=O)N[C@@H](Cc1c[nH]c2ccccc12)C(=O)N[C@@H](CCC(N)=O)C(=O)O. The van der Waals surface area contributed by atoms with E-state index >= 15 is 14.4 Å². The van der Waals surface area contributed by atoms with Gasteiger partial charge in [0.25, 0.3) is 0 Å². The Hall–Kier alpha value is -15.5. The van der Waals surface area contributed by atoms with Gasteiger partial charge in [0.1, 0.15) is 84.6 Å². The number of thiol groups is 2. The number of guanidine groups is 2. The zero-order valence-corrected chi connectivity index (χ0v) is 85.4. The zero-order valence-electron chi connectivity index (χ0n) is 83.6. The van der Waals surface area contributed by atoms with E-state index in [1.54, 1.807) is 119 Å². The number of aliphatic carboxylic acids is 1. The predicted octanol–water partition coefficient (Wildman–Crippen LogP) is -7.92. The first-order chi connectivity index (χ1) is 71.3. The van der Waals surface area contributed by atoms with Gasteiger partial charge in [-0.05, 0) is 112 Å². The Morgan fingerprint density at radius 2 is 0.840 bits per heavy atom. The summed E-state index contributed by atoms with van der Waals surface area (Å²) in [5, 5.41) is 93.6. The maximum atomic E-state index is 15.2. The standard InChI is InChI=1S/C95H138N30O23S2/c1-48(2)32-64(84(138)122-70(44-126)89(143)123-71(46-150)90(144)117-66(34-51-16-7-6-8-17-51)85(139)113-61(23-14-30-105-95(101)102)81(135)118-67(35-52-38-106-58-20-11-9-18-55(52)58)86(140)115-63(93(147)148)26-28-74(98)129)116-87(141)68(36-53-39-107-59-21-12-10-19-56(53)59)119-82(136)62(25-27-73(97)128)114-88(142)69(37-54-40-103-47-111-54)120-83(137)65(33-49(3)4)121-92(146)78(50(5)127)124-91(145)72-24-15-31-125(72)77(132)43-109-75(130)41-108-76(131)42-110-80(134)60(22-13-29-104-94(99)100)112-79(133)57(96)45-149/h6-12,16-21,38-40,47-50,57,60-72,78,106-107,126-127,149-150H,13-15,22-37,41-46,96H2,1-5H3,(H2,97,128)(H2,98,129)(H,103,111)(H,108,131)(H,109,130)(H,110,134)(H,112,133)(H,113,139)(H,114,142)(H,115,140)(H,116,141)(H,117,144)(H,118,135)(H,119,136)(H,120,137)(H,121,146)(H,122,138)(H,123,143)(H,124,145)(H,147,148)(H4,99,100,104)(H4,101,102,105)/t50-,57+,60+,61+,62+,63+,64+,65+,66+,67+,68+,69+,70+,71+,72+,78+/m1/s1. The van der Waals surface area contributed by atoms with E-state index in [1.165, 1.54) is 12.5 Å². The number of benzene rings is 3. The number of carboxylic acids is 1. The Morgan fingerprint density at radius 1 is 0.440 bits per heavy atom. The minimum absolute atomic E-state index is 0.00158. The number of carbonyl (C=O) groups is 20. The van der Waals surface area contributed by atoms with Crippen LogP contribution in [0.4, 0.5) is 0 Å². The van der Waals surface area contributed by atoms with E-state index in [2.05, 4.69) is 141 Å². The molecule has 0 radical (unpaired) electrons. The molecule has 818 valence electrons. The number of aromatic amines is 3. The average Bonchev–Trinajstić information content (AvgIpc) is 1.77. The molecule has 1 aliphatic heterocycles. The van der Waals surface area contributed by atoms with Crippen LogP contribution in [0.2, 0.25) is 0 Å². The summed E-state index contributed by atoms with van der Waals surface area (Å²) >= 11 is 8.35. The molecule has 0 spiro atoms. The van der Waals surface area contributed by atoms with E-state index in [9.17, 15) is 96.8 Å². The van der Waals surface area contributed by atoms with E-state index in [1.807, 2.05) is 0 Å². The maximum absolute atomic E-state index is 15.2. The number of amides is 19. The van der Waals surface area contributed by atoms with E-state index < -0.39 is 297 Å². The fourth-order valence-corrected chi connectivity index (χ4v) is 16.5. The second kappa shape index (κ2) is 61.3. The molecule has 0 bridgehead atoms. The molecule has 3 aromatic heterocycles. The Bertz CT molecular complexity index is 5690. The molecule has 7 rings (SSSR count). The van der Waals surface area contributed by atoms with Crippen molar-refractivity contribution in [3.05, 3.63) is 126 Å². The molecule has 4 heterocycles. The normalized spacial score (nSPS) is 15.2. The van der Waals surface area contributed by atoms with Crippen molar-refractivity contribution in [2.24, 2.45) is 40.5 Å². The van der Waals surface area contributed by atoms with Crippen LogP contribution in [-0.4, -0.2) is 324 Å². The fraction of sp³-hybridized carbons (Fsp3) is 0.505. The highest BCUT2D eigenvalue weighted by Gasteiger charge is 2.42. The summed E-state index contributed by atoms with van der Waals surface area (Å²) in [6.07, 6.45) is 0.911. The predicted molar refractivity (Wildman–Crippen MR) is 551 cm³/mol. The smallest absolute Gasteiger partial charge is 0.326 e. The molecule has 150 heavy (non-hydrogen) atoms. The van der Waals surface area contributed by atoms with Gasteiger partial charge < -0.3 is 160 Å². The van der Waals surface area contributed by atoms with Gasteiger partial charge in [0.2, 0.25) is 112 Å². The first-order valence-electron chi connectivity index (χ1n) is 48.6. The number of imidazole rings is 1. The number of nitrogens with two attached hydrogens (primary N) is 5. The van der Waals surface area contributed by atoms with Gasteiger partial charge in [-0.25, -0.2) is 9.78 Å². The van der Waals surface area contributed by atoms with Crippen molar-refractivity contribution in [1.82, 2.24) is 121 Å². The van der Waals surface area contributed by atoms with Crippen LogP contribution in [0.5, 0.6) is 0 Å². The monoisotopic (exact) mass is 2130 g/mol. The number of fused-ring (bicyclic) bond motifs is 2. The molecule has 0 saturated carbocycles. The van der Waals surface area contributed by atoms with E-state index in [0.717, 1.165) is 11.8 Å². The lowest BCUT2D eigenvalue weighted by Gasteiger charge is -2.29. The fourth-order valence-electron chi connectivity index (χ4n) is 16.0. The van der Waals surface area contributed by atoms with Crippen LogP contribution in [0, 0.1) is 22.7 Å². The van der Waals surface area contributed by atoms with Gasteiger partial charge in [0, 0.05) is 116 Å². The summed E-state index contributed by atoms with van der Waals surface area (Å²) in [4.78, 5) is 293. The molecule has 16 atom stereocenters. The van der Waals surface area contributed by atoms with Crippen molar-refractivity contribution in [3.63, 3.8) is 0 Å². The number of nitrogens with zero attached hydrogens (tertiary/aromatic N) is 2. The quantitative estimate of drug-likeness (QED) is 0.00730. The van der Waals surface area contributed by atoms with Gasteiger partial charge in [0.05, 0.1) is 44.7 Å². The number of aliphatic hydroxyl groups excluding tert-OH is 2. The molecular weight excluding hydrogens is 1990 g/mol. The zero-order chi connectivity index (χ0) is 111. The lowest BCUT2D eigenvalue weighted by Crippen LogP contribution is -2.62. The van der Waals surface area contributed by atoms with Crippen molar-refractivity contribution in [3.8, 4) is 0 Å². The van der Waals surface area contributed by atoms with Gasteiger partial charge in [0.15, 0.2) is 11.9 Å². The molecule has 36 N–H and O–H groups in total. The number of carbonyl (C=O) groups excluding carboxylic acids is 19. The summed E-state index contributed by atoms with van der Waals surface area (Å²) in [6, 6.07) is -1.53. The minimum atomic E-state index is -1.91. The summed E-state index contributed by atoms with van der Waals surface area (Å²) in [5.41, 5.74) is 30.5. The van der Waals surface area contributed by atoms with Gasteiger partial charge in [-0.15, -0.1) is 0 Å². The van der Waals surface area contributed by atoms with Crippen molar-refractivity contribution in [2.45, 2.75) is 234 Å². The summed E-state index contributed by atoms with van der Waals surface area (Å²) in [6.45, 7) is 4.92. The first-order valence-corrected chi connectivity index (χ1v) is 49.9. The van der Waals surface area contributed by atoms with E-state index in [-0.39, 0.29) is 108 Å². The Balaban J connectivity index is 1.04. The highest BCUT2D eigenvalue weighted by atomic mass is 32.1. The lowest BCUT2D eigenvalue weighted by molar-refractivity contribution is -0.142. The van der Waals surface area contributed by atoms with Crippen molar-refractivity contribution < 1.29 is 111 Å². The molecule has 53 nitrogen and oxygen atoms in total. The second-order valence-electron chi connectivity index (χ2n) is 36.8. The summed E-state index contributed by atoms with van der Waals surface area (Å²) in [5.74, 6) is -22.0. The largest absolute Gasteiger partial charge is 0.480 e. The lowest BCUT2D eigenvalue weighted by atomic mass is 9.99. The number of carboxylic acid groups (broad SMARTS) is 1. The highest BCUT2D eigenvalue weighted by molar-refractivity contribution is 7.80. The van der Waals surface area contributed by atoms with Crippen LogP contribution in [-0.2, 0) is 122 Å². The van der Waals surface area contributed by atoms with Crippen LogP contribution < -0.4 is 124 Å². The molecule has 6 aromatic rings. The van der Waals surface area contributed by atoms with Crippen molar-refractivity contribution >= 4 is 177 Å². The number of nitrogens with one attached hydrogen (secondary N) is 23. The average molecular weight is 2130 g/mol. The Morgan fingerprint density at radius 3 is 1.31 bits per heavy atom. The van der Waals surface area contributed by atoms with E-state index in [4.69, 9.17) is 39.5 Å². The third-order valence-electron chi connectivity index (χ3n) is 23.9. The molecule has 55 heteroatoms. The molecule has 1 saturated heterocycles. The number of H-pyrrole nitrogens is 3. The summed E-state index contributed by atoms with van der Waals surface area (Å²) < 4.78 is 0. The van der Waals surface area contributed by atoms with Crippen LogP contribution in [0.25, 0.3) is 21.8 Å². The molecule has 19 amide bonds. The van der Waals surface area contributed by atoms with Crippen LogP contribution in [0.3, 0.4) is 0 Å².